The fraction of sp³-hybridized carbons (Fsp3) is 0.600. The first kappa shape index (κ1) is 14.9. The number of nitrogens with one attached hydrogen (secondary N) is 1. The van der Waals surface area contributed by atoms with Crippen LogP contribution in [0.25, 0.3) is 0 Å². The molecule has 3 heterocycles. The summed E-state index contributed by atoms with van der Waals surface area (Å²) in [7, 11) is 0. The predicted octanol–water partition coefficient (Wildman–Crippen LogP) is 1.24. The summed E-state index contributed by atoms with van der Waals surface area (Å²) >= 11 is 3.40. The SMILES string of the molecule is O=C(C1CCCN1Cc1ccc(Br)cn1)N1CCNCC1. The minimum Gasteiger partial charge on any atom is -0.339 e. The Morgan fingerprint density at radius 3 is 2.86 bits per heavy atom. The van der Waals surface area contributed by atoms with Gasteiger partial charge in [0.1, 0.15) is 0 Å². The third-order valence-corrected chi connectivity index (χ3v) is 4.70. The minimum atomic E-state index is 0.0357. The molecule has 2 aliphatic heterocycles. The van der Waals surface area contributed by atoms with Gasteiger partial charge in [-0.1, -0.05) is 0 Å². The van der Waals surface area contributed by atoms with Crippen LogP contribution < -0.4 is 5.32 Å². The van der Waals surface area contributed by atoms with Gasteiger partial charge in [0.05, 0.1) is 11.7 Å². The van der Waals surface area contributed by atoms with E-state index >= 15 is 0 Å². The van der Waals surface area contributed by atoms with Crippen molar-refractivity contribution >= 4 is 21.8 Å². The second-order valence-electron chi connectivity index (χ2n) is 5.67. The fourth-order valence-electron chi connectivity index (χ4n) is 3.10. The van der Waals surface area contributed by atoms with Crippen molar-refractivity contribution in [3.63, 3.8) is 0 Å². The van der Waals surface area contributed by atoms with Crippen LogP contribution >= 0.6 is 15.9 Å². The molecule has 6 heteroatoms. The highest BCUT2D eigenvalue weighted by Gasteiger charge is 2.34. The largest absolute Gasteiger partial charge is 0.339 e. The van der Waals surface area contributed by atoms with Gasteiger partial charge in [-0.2, -0.15) is 0 Å². The van der Waals surface area contributed by atoms with Crippen LogP contribution in [0, 0.1) is 0 Å². The van der Waals surface area contributed by atoms with Crippen LogP contribution in [0.15, 0.2) is 22.8 Å². The second kappa shape index (κ2) is 6.85. The van der Waals surface area contributed by atoms with Crippen molar-refractivity contribution in [2.45, 2.75) is 25.4 Å². The first-order chi connectivity index (χ1) is 10.2. The number of likely N-dealkylation sites (tertiary alicyclic amines) is 1. The van der Waals surface area contributed by atoms with E-state index in [9.17, 15) is 4.79 Å². The molecule has 1 unspecified atom stereocenters. The highest BCUT2D eigenvalue weighted by molar-refractivity contribution is 9.10. The molecule has 21 heavy (non-hydrogen) atoms. The summed E-state index contributed by atoms with van der Waals surface area (Å²) in [6, 6.07) is 4.06. The van der Waals surface area contributed by atoms with E-state index in [2.05, 4.69) is 31.1 Å². The van der Waals surface area contributed by atoms with Crippen LogP contribution in [-0.4, -0.2) is 59.5 Å². The Morgan fingerprint density at radius 2 is 2.14 bits per heavy atom. The molecule has 2 saturated heterocycles. The number of halogens is 1. The van der Waals surface area contributed by atoms with Crippen LogP contribution in [0.5, 0.6) is 0 Å². The summed E-state index contributed by atoms with van der Waals surface area (Å²) in [5.74, 6) is 0.297. The second-order valence-corrected chi connectivity index (χ2v) is 6.59. The number of carbonyl (C=O) groups excluding carboxylic acids is 1. The zero-order valence-corrected chi connectivity index (χ0v) is 13.7. The van der Waals surface area contributed by atoms with E-state index in [-0.39, 0.29) is 6.04 Å². The Balaban J connectivity index is 1.64. The molecule has 2 fully saturated rings. The lowest BCUT2D eigenvalue weighted by molar-refractivity contribution is -0.136. The van der Waals surface area contributed by atoms with Crippen molar-refractivity contribution in [2.24, 2.45) is 0 Å². The molecule has 0 aliphatic carbocycles. The summed E-state index contributed by atoms with van der Waals surface area (Å²) < 4.78 is 0.987. The number of rotatable bonds is 3. The van der Waals surface area contributed by atoms with Crippen molar-refractivity contribution in [1.82, 2.24) is 20.1 Å². The van der Waals surface area contributed by atoms with Crippen LogP contribution in [0.4, 0.5) is 0 Å². The van der Waals surface area contributed by atoms with Gasteiger partial charge < -0.3 is 10.2 Å². The van der Waals surface area contributed by atoms with Crippen molar-refractivity contribution in [2.75, 3.05) is 32.7 Å². The lowest BCUT2D eigenvalue weighted by atomic mass is 10.1. The summed E-state index contributed by atoms with van der Waals surface area (Å²) in [6.07, 6.45) is 3.89. The molecule has 0 bridgehead atoms. The monoisotopic (exact) mass is 352 g/mol. The molecular formula is C15H21BrN4O. The van der Waals surface area contributed by atoms with E-state index < -0.39 is 0 Å². The predicted molar refractivity (Wildman–Crippen MR) is 84.8 cm³/mol. The lowest BCUT2D eigenvalue weighted by Crippen LogP contribution is -2.52. The fourth-order valence-corrected chi connectivity index (χ4v) is 3.33. The number of amides is 1. The van der Waals surface area contributed by atoms with Gasteiger partial charge >= 0.3 is 0 Å². The smallest absolute Gasteiger partial charge is 0.240 e. The third-order valence-electron chi connectivity index (χ3n) is 4.23. The molecule has 0 radical (unpaired) electrons. The molecule has 1 aromatic heterocycles. The molecular weight excluding hydrogens is 332 g/mol. The zero-order valence-electron chi connectivity index (χ0n) is 12.1. The van der Waals surface area contributed by atoms with E-state index in [1.165, 1.54) is 0 Å². The lowest BCUT2D eigenvalue weighted by Gasteiger charge is -2.32. The maximum absolute atomic E-state index is 12.7. The number of aromatic nitrogens is 1. The number of hydrogen-bond donors (Lipinski definition) is 1. The van der Waals surface area contributed by atoms with Gasteiger partial charge in [-0.05, 0) is 47.4 Å². The molecule has 0 aromatic carbocycles. The maximum atomic E-state index is 12.7. The van der Waals surface area contributed by atoms with Crippen LogP contribution in [0.2, 0.25) is 0 Å². The summed E-state index contributed by atoms with van der Waals surface area (Å²) in [4.78, 5) is 21.4. The number of carbonyl (C=O) groups is 1. The van der Waals surface area contributed by atoms with Crippen molar-refractivity contribution < 1.29 is 4.79 Å². The summed E-state index contributed by atoms with van der Waals surface area (Å²) in [5, 5.41) is 3.29. The van der Waals surface area contributed by atoms with Crippen LogP contribution in [0.3, 0.4) is 0 Å². The van der Waals surface area contributed by atoms with E-state index in [4.69, 9.17) is 0 Å². The summed E-state index contributed by atoms with van der Waals surface area (Å²) in [5.41, 5.74) is 1.03. The average Bonchev–Trinajstić information content (AvgIpc) is 2.98. The molecule has 0 spiro atoms. The van der Waals surface area contributed by atoms with E-state index in [0.29, 0.717) is 5.91 Å². The number of nitrogens with zero attached hydrogens (tertiary/aromatic N) is 3. The van der Waals surface area contributed by atoms with Gasteiger partial charge in [-0.3, -0.25) is 14.7 Å². The van der Waals surface area contributed by atoms with Crippen molar-refractivity contribution in [3.8, 4) is 0 Å². The molecule has 5 nitrogen and oxygen atoms in total. The Kier molecular flexibility index (Phi) is 4.87. The van der Waals surface area contributed by atoms with Crippen molar-refractivity contribution in [1.29, 1.82) is 0 Å². The first-order valence-electron chi connectivity index (χ1n) is 7.58. The van der Waals surface area contributed by atoms with Gasteiger partial charge in [0, 0.05) is 43.4 Å². The van der Waals surface area contributed by atoms with Gasteiger partial charge in [0.25, 0.3) is 0 Å². The molecule has 2 aliphatic rings. The zero-order chi connectivity index (χ0) is 14.7. The molecule has 1 aromatic rings. The normalized spacial score (nSPS) is 23.5. The van der Waals surface area contributed by atoms with E-state index in [0.717, 1.165) is 62.3 Å². The average molecular weight is 353 g/mol. The highest BCUT2D eigenvalue weighted by Crippen LogP contribution is 2.22. The third kappa shape index (κ3) is 3.62. The number of piperazine rings is 1. The van der Waals surface area contributed by atoms with E-state index in [1.807, 2.05) is 23.2 Å². The molecule has 0 saturated carbocycles. The standard InChI is InChI=1S/C15H21BrN4O/c16-12-3-4-13(18-10-12)11-20-7-1-2-14(20)15(21)19-8-5-17-6-9-19/h3-4,10,14,17H,1-2,5-9,11H2. The maximum Gasteiger partial charge on any atom is 0.240 e. The van der Waals surface area contributed by atoms with Gasteiger partial charge in [0.15, 0.2) is 0 Å². The minimum absolute atomic E-state index is 0.0357. The Morgan fingerprint density at radius 1 is 1.33 bits per heavy atom. The van der Waals surface area contributed by atoms with Gasteiger partial charge in [-0.25, -0.2) is 0 Å². The Labute approximate surface area is 133 Å². The Hall–Kier alpha value is -0.980. The van der Waals surface area contributed by atoms with Crippen molar-refractivity contribution in [3.05, 3.63) is 28.5 Å². The molecule has 1 atom stereocenters. The Bertz CT molecular complexity index is 487. The topological polar surface area (TPSA) is 48.5 Å². The number of pyridine rings is 1. The highest BCUT2D eigenvalue weighted by atomic mass is 79.9. The molecule has 114 valence electrons. The quantitative estimate of drug-likeness (QED) is 0.889. The summed E-state index contributed by atoms with van der Waals surface area (Å²) in [6.45, 7) is 5.23. The number of hydrogen-bond acceptors (Lipinski definition) is 4. The van der Waals surface area contributed by atoms with Gasteiger partial charge in [0.2, 0.25) is 5.91 Å². The molecule has 1 N–H and O–H groups in total. The first-order valence-corrected chi connectivity index (χ1v) is 8.37. The van der Waals surface area contributed by atoms with Crippen LogP contribution in [-0.2, 0) is 11.3 Å². The van der Waals surface area contributed by atoms with E-state index in [1.54, 1.807) is 0 Å². The van der Waals surface area contributed by atoms with Gasteiger partial charge in [-0.15, -0.1) is 0 Å². The van der Waals surface area contributed by atoms with Crippen LogP contribution in [0.1, 0.15) is 18.5 Å². The molecule has 3 rings (SSSR count). The molecule has 1 amide bonds.